The molecule has 3 heterocycles. The van der Waals surface area contributed by atoms with Gasteiger partial charge >= 0.3 is 11.8 Å². The Morgan fingerprint density at radius 1 is 1.35 bits per heavy atom. The van der Waals surface area contributed by atoms with Crippen LogP contribution in [0.4, 0.5) is 0 Å². The zero-order valence-electron chi connectivity index (χ0n) is 15.4. The molecule has 0 radical (unpaired) electrons. The topological polar surface area (TPSA) is 97.4 Å². The van der Waals surface area contributed by atoms with Gasteiger partial charge in [-0.1, -0.05) is 12.1 Å². The standard InChI is InChI=1S/C17H24N6O3/c1-4-14-19-15(26-20-14)11-21(3)16(24)17(25)22-7-5-13(6-8-22)23-10-12(2)9-18-23/h9-10,13H,4-8,11H2,1-3H3. The molecule has 0 aromatic carbocycles. The number of piperidine rings is 1. The fraction of sp³-hybridized carbons (Fsp3) is 0.588. The summed E-state index contributed by atoms with van der Waals surface area (Å²) in [6.07, 6.45) is 6.07. The maximum Gasteiger partial charge on any atom is 0.312 e. The molecular formula is C17H24N6O3. The summed E-state index contributed by atoms with van der Waals surface area (Å²) in [5.41, 5.74) is 1.12. The van der Waals surface area contributed by atoms with E-state index in [0.717, 1.165) is 18.4 Å². The molecule has 1 aliphatic heterocycles. The lowest BCUT2D eigenvalue weighted by Crippen LogP contribution is -2.47. The predicted molar refractivity (Wildman–Crippen MR) is 92.0 cm³/mol. The number of likely N-dealkylation sites (N-methyl/N-ethyl adjacent to an activating group) is 1. The molecule has 0 aliphatic carbocycles. The average Bonchev–Trinajstić information content (AvgIpc) is 3.29. The molecule has 0 bridgehead atoms. The van der Waals surface area contributed by atoms with Crippen molar-refractivity contribution in [2.24, 2.45) is 0 Å². The van der Waals surface area contributed by atoms with Crippen LogP contribution in [0.1, 0.15) is 43.1 Å². The fourth-order valence-electron chi connectivity index (χ4n) is 3.04. The summed E-state index contributed by atoms with van der Waals surface area (Å²) in [7, 11) is 1.56. The van der Waals surface area contributed by atoms with Gasteiger partial charge in [0.25, 0.3) is 0 Å². The Morgan fingerprint density at radius 3 is 2.65 bits per heavy atom. The SMILES string of the molecule is CCc1noc(CN(C)C(=O)C(=O)N2CCC(n3cc(C)cn3)CC2)n1. The number of aryl methyl sites for hydroxylation is 2. The lowest BCUT2D eigenvalue weighted by molar-refractivity contribution is -0.152. The minimum atomic E-state index is -0.561. The van der Waals surface area contributed by atoms with Crippen molar-refractivity contribution in [3.63, 3.8) is 0 Å². The summed E-state index contributed by atoms with van der Waals surface area (Å²) in [6.45, 7) is 5.14. The summed E-state index contributed by atoms with van der Waals surface area (Å²) in [4.78, 5) is 32.0. The number of hydrogen-bond acceptors (Lipinski definition) is 6. The number of carbonyl (C=O) groups is 2. The Kier molecular flexibility index (Phi) is 5.34. The number of nitrogens with zero attached hydrogens (tertiary/aromatic N) is 6. The number of hydrogen-bond donors (Lipinski definition) is 0. The van der Waals surface area contributed by atoms with Gasteiger partial charge < -0.3 is 14.3 Å². The van der Waals surface area contributed by atoms with Gasteiger partial charge in [0.2, 0.25) is 5.89 Å². The quantitative estimate of drug-likeness (QED) is 0.753. The molecule has 0 saturated carbocycles. The molecule has 2 aromatic rings. The van der Waals surface area contributed by atoms with Crippen molar-refractivity contribution in [2.75, 3.05) is 20.1 Å². The summed E-state index contributed by atoms with van der Waals surface area (Å²) < 4.78 is 7.03. The lowest BCUT2D eigenvalue weighted by atomic mass is 10.1. The second-order valence-electron chi connectivity index (χ2n) is 6.64. The van der Waals surface area contributed by atoms with Gasteiger partial charge in [0, 0.05) is 32.8 Å². The molecule has 0 N–H and O–H groups in total. The van der Waals surface area contributed by atoms with Crippen LogP contribution in [0.3, 0.4) is 0 Å². The van der Waals surface area contributed by atoms with Crippen molar-refractivity contribution < 1.29 is 14.1 Å². The molecule has 3 rings (SSSR count). The third-order valence-corrected chi connectivity index (χ3v) is 4.58. The highest BCUT2D eigenvalue weighted by molar-refractivity contribution is 6.34. The number of likely N-dealkylation sites (tertiary alicyclic amines) is 1. The Balaban J connectivity index is 1.53. The summed E-state index contributed by atoms with van der Waals surface area (Å²) in [5.74, 6) is -0.131. The van der Waals surface area contributed by atoms with Gasteiger partial charge in [-0.2, -0.15) is 10.1 Å². The van der Waals surface area contributed by atoms with Crippen LogP contribution in [-0.2, 0) is 22.6 Å². The monoisotopic (exact) mass is 360 g/mol. The van der Waals surface area contributed by atoms with E-state index in [9.17, 15) is 9.59 Å². The molecule has 0 spiro atoms. The molecule has 2 amide bonds. The summed E-state index contributed by atoms with van der Waals surface area (Å²) in [6, 6.07) is 0.270. The molecule has 9 heteroatoms. The minimum absolute atomic E-state index is 0.126. The van der Waals surface area contributed by atoms with E-state index in [1.54, 1.807) is 11.9 Å². The van der Waals surface area contributed by atoms with Crippen LogP contribution in [-0.4, -0.2) is 61.7 Å². The maximum absolute atomic E-state index is 12.5. The van der Waals surface area contributed by atoms with Gasteiger partial charge in [-0.3, -0.25) is 14.3 Å². The van der Waals surface area contributed by atoms with Gasteiger partial charge in [0.05, 0.1) is 12.2 Å². The highest BCUT2D eigenvalue weighted by Gasteiger charge is 2.30. The number of aromatic nitrogens is 4. The first kappa shape index (κ1) is 18.1. The average molecular weight is 360 g/mol. The highest BCUT2D eigenvalue weighted by Crippen LogP contribution is 2.22. The molecule has 0 atom stereocenters. The Labute approximate surface area is 151 Å². The van der Waals surface area contributed by atoms with Gasteiger partial charge in [0.15, 0.2) is 5.82 Å². The normalized spacial score (nSPS) is 15.3. The molecule has 1 saturated heterocycles. The molecule has 1 aliphatic rings. The van der Waals surface area contributed by atoms with E-state index in [1.807, 2.05) is 30.9 Å². The Hall–Kier alpha value is -2.71. The molecular weight excluding hydrogens is 336 g/mol. The van der Waals surface area contributed by atoms with Gasteiger partial charge in [-0.15, -0.1) is 0 Å². The molecule has 9 nitrogen and oxygen atoms in total. The second-order valence-corrected chi connectivity index (χ2v) is 6.64. The lowest BCUT2D eigenvalue weighted by Gasteiger charge is -2.32. The third kappa shape index (κ3) is 3.92. The van der Waals surface area contributed by atoms with Crippen LogP contribution in [0.5, 0.6) is 0 Å². The van der Waals surface area contributed by atoms with Crippen LogP contribution in [0.15, 0.2) is 16.9 Å². The number of carbonyl (C=O) groups excluding carboxylic acids is 2. The van der Waals surface area contributed by atoms with E-state index in [0.29, 0.717) is 31.2 Å². The van der Waals surface area contributed by atoms with Crippen molar-refractivity contribution >= 4 is 11.8 Å². The molecule has 26 heavy (non-hydrogen) atoms. The second kappa shape index (κ2) is 7.67. The van der Waals surface area contributed by atoms with E-state index in [1.165, 1.54) is 4.90 Å². The van der Waals surface area contributed by atoms with Crippen molar-refractivity contribution in [2.45, 2.75) is 45.7 Å². The minimum Gasteiger partial charge on any atom is -0.337 e. The van der Waals surface area contributed by atoms with Crippen LogP contribution in [0, 0.1) is 6.92 Å². The Morgan fingerprint density at radius 2 is 2.08 bits per heavy atom. The van der Waals surface area contributed by atoms with Crippen molar-refractivity contribution in [1.82, 2.24) is 29.7 Å². The smallest absolute Gasteiger partial charge is 0.312 e. The molecule has 140 valence electrons. The summed E-state index contributed by atoms with van der Waals surface area (Å²) >= 11 is 0. The molecule has 2 aromatic heterocycles. The van der Waals surface area contributed by atoms with Crippen LogP contribution < -0.4 is 0 Å². The van der Waals surface area contributed by atoms with Crippen molar-refractivity contribution in [3.8, 4) is 0 Å². The first-order valence-corrected chi connectivity index (χ1v) is 8.84. The number of amides is 2. The molecule has 1 fully saturated rings. The van der Waals surface area contributed by atoms with E-state index >= 15 is 0 Å². The first-order chi connectivity index (χ1) is 12.5. The summed E-state index contributed by atoms with van der Waals surface area (Å²) in [5, 5.41) is 8.14. The van der Waals surface area contributed by atoms with Gasteiger partial charge in [-0.25, -0.2) is 0 Å². The van der Waals surface area contributed by atoms with Gasteiger partial charge in [0.1, 0.15) is 6.54 Å². The maximum atomic E-state index is 12.5. The predicted octanol–water partition coefficient (Wildman–Crippen LogP) is 0.959. The van der Waals surface area contributed by atoms with E-state index in [-0.39, 0.29) is 12.6 Å². The van der Waals surface area contributed by atoms with E-state index in [2.05, 4.69) is 15.2 Å². The van der Waals surface area contributed by atoms with Crippen molar-refractivity contribution in [1.29, 1.82) is 0 Å². The Bertz CT molecular complexity index is 775. The third-order valence-electron chi connectivity index (χ3n) is 4.58. The first-order valence-electron chi connectivity index (χ1n) is 8.84. The highest BCUT2D eigenvalue weighted by atomic mass is 16.5. The number of rotatable bonds is 4. The van der Waals surface area contributed by atoms with Gasteiger partial charge in [-0.05, 0) is 25.3 Å². The van der Waals surface area contributed by atoms with Crippen LogP contribution in [0.2, 0.25) is 0 Å². The fourth-order valence-corrected chi connectivity index (χ4v) is 3.04. The van der Waals surface area contributed by atoms with Crippen molar-refractivity contribution in [3.05, 3.63) is 29.7 Å². The molecule has 0 unspecified atom stereocenters. The van der Waals surface area contributed by atoms with E-state index < -0.39 is 11.8 Å². The van der Waals surface area contributed by atoms with E-state index in [4.69, 9.17) is 4.52 Å². The largest absolute Gasteiger partial charge is 0.337 e. The van der Waals surface area contributed by atoms with Crippen LogP contribution >= 0.6 is 0 Å². The zero-order chi connectivity index (χ0) is 18.7. The zero-order valence-corrected chi connectivity index (χ0v) is 15.4. The van der Waals surface area contributed by atoms with Crippen LogP contribution in [0.25, 0.3) is 0 Å².